The van der Waals surface area contributed by atoms with E-state index in [-0.39, 0.29) is 114 Å². The number of nitrogens with two attached hydrogens (primary N) is 1. The summed E-state index contributed by atoms with van der Waals surface area (Å²) in [6.45, 7) is 24.6. The Morgan fingerprint density at radius 3 is 1.20 bits per heavy atom. The van der Waals surface area contributed by atoms with Gasteiger partial charge < -0.3 is 64.7 Å². The van der Waals surface area contributed by atoms with Crippen LogP contribution in [0.2, 0.25) is 0 Å². The van der Waals surface area contributed by atoms with Crippen molar-refractivity contribution in [2.75, 3.05) is 55.6 Å². The van der Waals surface area contributed by atoms with Gasteiger partial charge in [0.15, 0.2) is 0 Å². The predicted octanol–water partition coefficient (Wildman–Crippen LogP) is 6.50. The number of likely N-dealkylation sites (N-methyl/N-ethyl adjacent to an activating group) is 2. The van der Waals surface area contributed by atoms with E-state index in [4.69, 9.17) is 41.8 Å². The van der Waals surface area contributed by atoms with Gasteiger partial charge in [-0.1, -0.05) is 136 Å². The number of ketones is 2. The number of benzene rings is 2. The Bertz CT molecular complexity index is 2400. The van der Waals surface area contributed by atoms with Gasteiger partial charge in [0.1, 0.15) is 17.6 Å². The van der Waals surface area contributed by atoms with E-state index in [9.17, 15) is 49.2 Å². The van der Waals surface area contributed by atoms with Crippen LogP contribution in [-0.4, -0.2) is 214 Å². The van der Waals surface area contributed by atoms with Crippen LogP contribution >= 0.6 is 52.6 Å². The summed E-state index contributed by atoms with van der Waals surface area (Å²) in [6, 6.07) is 16.1. The molecule has 19 nitrogen and oxygen atoms in total. The second kappa shape index (κ2) is 45.4. The summed E-state index contributed by atoms with van der Waals surface area (Å²) in [6.07, 6.45) is 1.36. The van der Waals surface area contributed by atoms with Crippen molar-refractivity contribution in [3.05, 3.63) is 71.8 Å². The Balaban J connectivity index is 0.000000864. The Hall–Kier alpha value is -1.59. The maximum absolute atomic E-state index is 13.9. The van der Waals surface area contributed by atoms with Gasteiger partial charge in [0.2, 0.25) is 23.6 Å². The molecule has 0 aliphatic carbocycles. The number of ether oxygens (including phenoxy) is 4. The molecule has 6 radical (unpaired) electrons. The van der Waals surface area contributed by atoms with Gasteiger partial charge >= 0.3 is 86.8 Å². The SMILES string of the molecule is CC[C@H](C)[C@@H]([C@@H](CC(=O)N1CCC[C@H]1[C@H](OC)[C@@H](C)C(=O)C[C@H](C)[C@@H](O)c1ccccc1)OC)N(C)C(=O)[C@@H](C)C(C)(C)O.CC[C@H](C)[C@@H]([C@@H](CC(=O)N1CCC[C@H]1[C@H](OC)[C@@H](C)C(=O)C[C@H](C)[C@@H](O)c1ccccc1)OC)N(C)C(=O)[C@@H](N)C(C)(C)O.[B]I([B])I.[B][I-]I. The van der Waals surface area contributed by atoms with Crippen molar-refractivity contribution < 1.29 is 85.2 Å². The number of aliphatic hydroxyl groups excluding tert-OH is 2. The van der Waals surface area contributed by atoms with Gasteiger partial charge in [-0.2, -0.15) is 0 Å². The van der Waals surface area contributed by atoms with Crippen LogP contribution in [0.15, 0.2) is 60.7 Å². The summed E-state index contributed by atoms with van der Waals surface area (Å²) in [5.41, 5.74) is 20.1. The number of hydrogen-bond donors (Lipinski definition) is 5. The van der Waals surface area contributed by atoms with Crippen molar-refractivity contribution in [2.24, 2.45) is 47.2 Å². The average molecular weight is 1780 g/mol. The number of aliphatic hydroxyl groups is 4. The molecule has 6 N–H and O–H groups in total. The molecular formula is C69H115B3I4N5O14-. The first kappa shape index (κ1) is 91.4. The molecule has 2 saturated heterocycles. The molecule has 26 heteroatoms. The fraction of sp³-hybridized carbons (Fsp3) is 0.739. The van der Waals surface area contributed by atoms with E-state index in [1.165, 1.54) is 25.9 Å². The van der Waals surface area contributed by atoms with E-state index in [0.717, 1.165) is 43.2 Å². The molecule has 2 heterocycles. The number of carbonyl (C=O) groups excluding carboxylic acids is 6. The molecule has 4 rings (SSSR count). The second-order valence-electron chi connectivity index (χ2n) is 27.1. The molecule has 2 fully saturated rings. The number of halogens is 4. The fourth-order valence-electron chi connectivity index (χ4n) is 13.0. The predicted molar refractivity (Wildman–Crippen MR) is 402 cm³/mol. The number of Topliss-reactive ketones (excluding diaryl/α,β-unsaturated/α-hetero) is 2. The molecule has 0 aromatic heterocycles. The van der Waals surface area contributed by atoms with Crippen LogP contribution in [0.25, 0.3) is 0 Å². The van der Waals surface area contributed by atoms with E-state index in [2.05, 4.69) is 37.2 Å². The van der Waals surface area contributed by atoms with Crippen molar-refractivity contribution >= 4 is 105 Å². The summed E-state index contributed by atoms with van der Waals surface area (Å²) < 4.78 is 23.5. The Morgan fingerprint density at radius 2 is 0.926 bits per heavy atom. The van der Waals surface area contributed by atoms with Crippen molar-refractivity contribution in [1.82, 2.24) is 19.6 Å². The maximum atomic E-state index is 13.9. The van der Waals surface area contributed by atoms with Crippen LogP contribution in [0.4, 0.5) is 0 Å². The Labute approximate surface area is 610 Å². The molecule has 0 unspecified atom stereocenters. The van der Waals surface area contributed by atoms with Crippen molar-refractivity contribution in [3.63, 3.8) is 0 Å². The van der Waals surface area contributed by atoms with E-state index < -0.39 is 99.0 Å². The van der Waals surface area contributed by atoms with Crippen molar-refractivity contribution in [3.8, 4) is 0 Å². The number of amides is 4. The molecule has 538 valence electrons. The summed E-state index contributed by atoms with van der Waals surface area (Å²) in [7, 11) is 9.62. The third-order valence-electron chi connectivity index (χ3n) is 19.6. The van der Waals surface area contributed by atoms with Gasteiger partial charge in [0.25, 0.3) is 0 Å². The zero-order chi connectivity index (χ0) is 73.0. The monoisotopic (exact) mass is 1780 g/mol. The number of rotatable bonds is 34. The molecule has 0 spiro atoms. The number of carbonyl (C=O) groups is 6. The number of methoxy groups -OCH3 is 4. The molecule has 2 aromatic carbocycles. The summed E-state index contributed by atoms with van der Waals surface area (Å²) >= 11 is 3.00. The first-order valence-corrected chi connectivity index (χ1v) is 49.4. The number of likely N-dealkylation sites (tertiary alicyclic amines) is 2. The minimum absolute atomic E-state index is 0.00806. The first-order chi connectivity index (χ1) is 44.3. The molecule has 0 saturated carbocycles. The average Bonchev–Trinajstić information content (AvgIpc) is 1.81. The summed E-state index contributed by atoms with van der Waals surface area (Å²) in [4.78, 5) is 88.0. The van der Waals surface area contributed by atoms with E-state index >= 15 is 0 Å². The summed E-state index contributed by atoms with van der Waals surface area (Å²) in [5.74, 6) is -2.99. The zero-order valence-corrected chi connectivity index (χ0v) is 68.8. The molecule has 4 amide bonds. The first-order valence-electron chi connectivity index (χ1n) is 33.1. The van der Waals surface area contributed by atoms with E-state index in [1.54, 1.807) is 66.0 Å². The molecule has 18 atom stereocenters. The molecular weight excluding hydrogens is 1660 g/mol. The Kier molecular flexibility index (Phi) is 43.7. The van der Waals surface area contributed by atoms with Crippen LogP contribution in [-0.2, 0) is 47.7 Å². The molecule has 95 heavy (non-hydrogen) atoms. The second-order valence-corrected chi connectivity index (χ2v) is 38.7. The van der Waals surface area contributed by atoms with E-state index in [0.29, 0.717) is 19.5 Å². The fourth-order valence-corrected chi connectivity index (χ4v) is 13.0. The third-order valence-corrected chi connectivity index (χ3v) is 19.6. The molecule has 2 aromatic rings. The van der Waals surface area contributed by atoms with Gasteiger partial charge in [-0.25, -0.2) is 0 Å². The van der Waals surface area contributed by atoms with Gasteiger partial charge in [-0.05, 0) is 88.2 Å². The van der Waals surface area contributed by atoms with Crippen LogP contribution in [0, 0.1) is 41.4 Å². The van der Waals surface area contributed by atoms with Crippen LogP contribution in [0.5, 0.6) is 0 Å². The van der Waals surface area contributed by atoms with Crippen LogP contribution in [0.1, 0.15) is 178 Å². The van der Waals surface area contributed by atoms with Gasteiger partial charge in [0.05, 0.1) is 90.8 Å². The summed E-state index contributed by atoms with van der Waals surface area (Å²) in [5, 5.41) is 42.5. The zero-order valence-electron chi connectivity index (χ0n) is 60.1. The Morgan fingerprint density at radius 1 is 0.611 bits per heavy atom. The van der Waals surface area contributed by atoms with Crippen LogP contribution in [0.3, 0.4) is 0 Å². The van der Waals surface area contributed by atoms with Gasteiger partial charge in [-0.3, -0.25) is 28.8 Å². The van der Waals surface area contributed by atoms with E-state index in [1.807, 2.05) is 121 Å². The molecule has 0 bridgehead atoms. The van der Waals surface area contributed by atoms with Crippen LogP contribution < -0.4 is 22.7 Å². The van der Waals surface area contributed by atoms with Gasteiger partial charge in [-0.15, -0.1) is 0 Å². The quantitative estimate of drug-likeness (QED) is 0.0370. The minimum atomic E-state index is -1.41. The van der Waals surface area contributed by atoms with Crippen molar-refractivity contribution in [2.45, 2.75) is 232 Å². The van der Waals surface area contributed by atoms with Gasteiger partial charge in [0, 0.05) is 80.3 Å². The third kappa shape index (κ3) is 28.6. The normalized spacial score (nSPS) is 20.2. The molecule has 2 aliphatic rings. The number of hydrogen-bond acceptors (Lipinski definition) is 15. The number of nitrogens with zero attached hydrogens (tertiary/aromatic N) is 4. The topological polar surface area (TPSA) is 259 Å². The standard InChI is InChI=1S/C35H58N2O7.C34H57N3O7.B2I2.BI2/c1-11-22(2)31(36(8)34(41)25(5)35(6,7)42)29(43-9)21-30(39)37-19-15-18-27(37)33(44-10)24(4)28(38)20-23(3)32(40)26-16-13-12-14-17-26;1-10-21(2)29(36(7)33(41)32(35)34(5,6)42)27(43-8)20-28(39)37-18-14-17-25(37)31(44-9)23(4)26(38)19-22(3)30(40)24-15-12-11-13-16-24;1-4(2)3;1-3-2/h12-14,16-17,22-25,27,29,31-33,40,42H,11,15,18-21H2,1-10H3;11-13,15-16,21-23,25,27,29-32,40,42H,10,14,17-20,35H2,1-9H3;;/q;;;-1/t22-,23-,24-,25+,27-,29+,31-,32+,33+;21-,22-,23-,25-,27+,29-,30+,31+,32+;;/m00../s1. The molecule has 2 aliphatic heterocycles. The van der Waals surface area contributed by atoms with Crippen molar-refractivity contribution in [1.29, 1.82) is 0 Å².